The molecule has 80 valence electrons. The first-order chi connectivity index (χ1) is 7.33. The Bertz CT molecular complexity index is 362. The summed E-state index contributed by atoms with van der Waals surface area (Å²) in [5.41, 5.74) is 4.04. The monoisotopic (exact) mass is 222 g/mol. The summed E-state index contributed by atoms with van der Waals surface area (Å²) >= 11 is 5.57. The molecule has 0 bridgehead atoms. The molecule has 1 N–H and O–H groups in total. The number of para-hydroxylation sites is 2. The van der Waals surface area contributed by atoms with E-state index in [9.17, 15) is 0 Å². The summed E-state index contributed by atoms with van der Waals surface area (Å²) in [5.74, 6) is 0. The highest BCUT2D eigenvalue weighted by Gasteiger charge is 2.20. The van der Waals surface area contributed by atoms with Gasteiger partial charge < -0.3 is 10.2 Å². The van der Waals surface area contributed by atoms with Gasteiger partial charge in [-0.2, -0.15) is 0 Å². The zero-order chi connectivity index (χ0) is 10.7. The average molecular weight is 223 g/mol. The summed E-state index contributed by atoms with van der Waals surface area (Å²) in [6.45, 7) is 4.06. The molecule has 3 heteroatoms. The third-order valence-electron chi connectivity index (χ3n) is 2.72. The minimum Gasteiger partial charge on any atom is -0.381 e. The second-order valence-electron chi connectivity index (χ2n) is 3.76. The van der Waals surface area contributed by atoms with Crippen molar-refractivity contribution in [2.75, 3.05) is 23.3 Å². The average Bonchev–Trinajstić information content (AvgIpc) is 2.28. The molecule has 0 amide bonds. The van der Waals surface area contributed by atoms with Crippen molar-refractivity contribution in [1.29, 1.82) is 0 Å². The van der Waals surface area contributed by atoms with Crippen molar-refractivity contribution in [3.8, 4) is 0 Å². The second-order valence-corrected chi connectivity index (χ2v) is 4.01. The van der Waals surface area contributed by atoms with E-state index in [0.717, 1.165) is 13.1 Å². The van der Waals surface area contributed by atoms with Crippen molar-refractivity contribution in [3.63, 3.8) is 0 Å². The molecule has 0 radical (unpaired) electrons. The Hall–Kier alpha value is -1.15. The van der Waals surface area contributed by atoms with Crippen LogP contribution in [-0.4, -0.2) is 19.1 Å². The lowest BCUT2D eigenvalue weighted by Crippen LogP contribution is -2.42. The Morgan fingerprint density at radius 3 is 3.13 bits per heavy atom. The fraction of sp³-hybridized carbons (Fsp3) is 0.333. The third-order valence-corrected chi connectivity index (χ3v) is 2.90. The normalized spacial score (nSPS) is 20.1. The molecule has 1 atom stereocenters. The predicted molar refractivity (Wildman–Crippen MR) is 66.7 cm³/mol. The molecule has 1 unspecified atom stereocenters. The topological polar surface area (TPSA) is 15.3 Å². The maximum absolute atomic E-state index is 5.57. The van der Waals surface area contributed by atoms with Crippen LogP contribution >= 0.6 is 11.6 Å². The van der Waals surface area contributed by atoms with Crippen LogP contribution in [-0.2, 0) is 0 Å². The summed E-state index contributed by atoms with van der Waals surface area (Å²) in [7, 11) is 0. The summed E-state index contributed by atoms with van der Waals surface area (Å²) in [6.07, 6.45) is 1.97. The van der Waals surface area contributed by atoms with Crippen molar-refractivity contribution in [2.45, 2.75) is 13.0 Å². The van der Waals surface area contributed by atoms with Crippen LogP contribution in [0.5, 0.6) is 0 Å². The lowest BCUT2D eigenvalue weighted by molar-refractivity contribution is 0.674. The number of rotatable bonds is 2. The molecule has 0 spiro atoms. The van der Waals surface area contributed by atoms with Crippen LogP contribution in [0.1, 0.15) is 6.92 Å². The van der Waals surface area contributed by atoms with Gasteiger partial charge in [-0.15, -0.1) is 0 Å². The smallest absolute Gasteiger partial charge is 0.0607 e. The predicted octanol–water partition coefficient (Wildman–Crippen LogP) is 3.06. The SMILES string of the molecule is CC1CNc2ccccc2N1C/C=C/Cl. The van der Waals surface area contributed by atoms with Gasteiger partial charge >= 0.3 is 0 Å². The summed E-state index contributed by atoms with van der Waals surface area (Å²) in [6, 6.07) is 8.86. The van der Waals surface area contributed by atoms with E-state index in [2.05, 4.69) is 41.4 Å². The Labute approximate surface area is 95.5 Å². The number of nitrogens with one attached hydrogen (secondary N) is 1. The summed E-state index contributed by atoms with van der Waals surface area (Å²) in [4.78, 5) is 2.35. The van der Waals surface area contributed by atoms with Crippen molar-refractivity contribution in [1.82, 2.24) is 0 Å². The maximum atomic E-state index is 5.57. The van der Waals surface area contributed by atoms with Crippen LogP contribution in [0.4, 0.5) is 11.4 Å². The highest BCUT2D eigenvalue weighted by atomic mass is 35.5. The largest absolute Gasteiger partial charge is 0.381 e. The summed E-state index contributed by atoms with van der Waals surface area (Å²) < 4.78 is 0. The molecule has 2 nitrogen and oxygen atoms in total. The van der Waals surface area contributed by atoms with E-state index in [1.165, 1.54) is 11.4 Å². The van der Waals surface area contributed by atoms with Gasteiger partial charge in [-0.25, -0.2) is 0 Å². The van der Waals surface area contributed by atoms with Gasteiger partial charge in [0.25, 0.3) is 0 Å². The zero-order valence-corrected chi connectivity index (χ0v) is 9.54. The van der Waals surface area contributed by atoms with Crippen LogP contribution in [0.3, 0.4) is 0 Å². The van der Waals surface area contributed by atoms with Gasteiger partial charge in [0, 0.05) is 24.7 Å². The van der Waals surface area contributed by atoms with Crippen LogP contribution < -0.4 is 10.2 Å². The molecule has 0 saturated carbocycles. The third kappa shape index (κ3) is 2.10. The van der Waals surface area contributed by atoms with Gasteiger partial charge in [0.15, 0.2) is 0 Å². The van der Waals surface area contributed by atoms with Gasteiger partial charge in [0.2, 0.25) is 0 Å². The number of fused-ring (bicyclic) bond motifs is 1. The molecule has 2 rings (SSSR count). The Kier molecular flexibility index (Phi) is 3.17. The van der Waals surface area contributed by atoms with Crippen LogP contribution in [0.2, 0.25) is 0 Å². The van der Waals surface area contributed by atoms with Crippen LogP contribution in [0, 0.1) is 0 Å². The van der Waals surface area contributed by atoms with Gasteiger partial charge in [-0.1, -0.05) is 29.8 Å². The second kappa shape index (κ2) is 4.58. The quantitative estimate of drug-likeness (QED) is 0.828. The Morgan fingerprint density at radius 1 is 1.53 bits per heavy atom. The number of anilines is 2. The van der Waals surface area contributed by atoms with Crippen molar-refractivity contribution in [2.24, 2.45) is 0 Å². The lowest BCUT2D eigenvalue weighted by Gasteiger charge is -2.37. The van der Waals surface area contributed by atoms with E-state index in [1.54, 1.807) is 5.54 Å². The molecule has 0 aromatic heterocycles. The number of benzene rings is 1. The van der Waals surface area contributed by atoms with E-state index in [-0.39, 0.29) is 0 Å². The summed E-state index contributed by atoms with van der Waals surface area (Å²) in [5, 5.41) is 3.42. The molecule has 1 aromatic rings. The fourth-order valence-corrected chi connectivity index (χ4v) is 1.99. The lowest BCUT2D eigenvalue weighted by atomic mass is 10.1. The molecule has 1 aromatic carbocycles. The van der Waals surface area contributed by atoms with E-state index in [0.29, 0.717) is 6.04 Å². The van der Waals surface area contributed by atoms with Gasteiger partial charge in [0.1, 0.15) is 0 Å². The van der Waals surface area contributed by atoms with E-state index >= 15 is 0 Å². The van der Waals surface area contributed by atoms with Gasteiger partial charge in [0.05, 0.1) is 11.4 Å². The van der Waals surface area contributed by atoms with Crippen molar-refractivity contribution in [3.05, 3.63) is 35.9 Å². The standard InChI is InChI=1S/C12H15ClN2/c1-10-9-14-11-5-2-3-6-12(11)15(10)8-4-7-13/h2-7,10,14H,8-9H2,1H3/b7-4+. The van der Waals surface area contributed by atoms with Crippen LogP contribution in [0.25, 0.3) is 0 Å². The molecule has 0 saturated heterocycles. The molecule has 1 aliphatic rings. The van der Waals surface area contributed by atoms with E-state index in [4.69, 9.17) is 11.6 Å². The fourth-order valence-electron chi connectivity index (χ4n) is 1.91. The zero-order valence-electron chi connectivity index (χ0n) is 8.78. The molecule has 15 heavy (non-hydrogen) atoms. The number of hydrogen-bond acceptors (Lipinski definition) is 2. The van der Waals surface area contributed by atoms with Gasteiger partial charge in [-0.3, -0.25) is 0 Å². The molecular weight excluding hydrogens is 208 g/mol. The van der Waals surface area contributed by atoms with E-state index in [1.807, 2.05) is 6.08 Å². The Balaban J connectivity index is 2.28. The maximum Gasteiger partial charge on any atom is 0.0607 e. The first-order valence-corrected chi connectivity index (χ1v) is 5.61. The minimum absolute atomic E-state index is 0.493. The van der Waals surface area contributed by atoms with Gasteiger partial charge in [-0.05, 0) is 19.1 Å². The van der Waals surface area contributed by atoms with Crippen molar-refractivity contribution < 1.29 is 0 Å². The molecule has 0 fully saturated rings. The highest BCUT2D eigenvalue weighted by Crippen LogP contribution is 2.30. The molecule has 1 heterocycles. The Morgan fingerprint density at radius 2 is 2.33 bits per heavy atom. The molecule has 0 aliphatic carbocycles. The van der Waals surface area contributed by atoms with E-state index < -0.39 is 0 Å². The number of halogens is 1. The first kappa shape index (κ1) is 10.4. The number of hydrogen-bond donors (Lipinski definition) is 1. The molecule has 1 aliphatic heterocycles. The van der Waals surface area contributed by atoms with Crippen LogP contribution in [0.15, 0.2) is 35.9 Å². The first-order valence-electron chi connectivity index (χ1n) is 5.17. The molecular formula is C12H15ClN2. The minimum atomic E-state index is 0.493. The van der Waals surface area contributed by atoms with Crippen molar-refractivity contribution >= 4 is 23.0 Å². The highest BCUT2D eigenvalue weighted by molar-refractivity contribution is 6.25. The number of nitrogens with zero attached hydrogens (tertiary/aromatic N) is 1.